The van der Waals surface area contributed by atoms with Gasteiger partial charge in [-0.2, -0.15) is 0 Å². The summed E-state index contributed by atoms with van der Waals surface area (Å²) >= 11 is 0. The summed E-state index contributed by atoms with van der Waals surface area (Å²) in [7, 11) is 0. The Morgan fingerprint density at radius 1 is 1.45 bits per heavy atom. The van der Waals surface area contributed by atoms with E-state index in [9.17, 15) is 9.59 Å². The van der Waals surface area contributed by atoms with Crippen molar-refractivity contribution in [2.75, 3.05) is 6.54 Å². The minimum absolute atomic E-state index is 0.217. The largest absolute Gasteiger partial charge is 0.426 e. The third-order valence-corrected chi connectivity index (χ3v) is 0.796. The molecule has 0 saturated carbocycles. The summed E-state index contributed by atoms with van der Waals surface area (Å²) in [6, 6.07) is 0. The van der Waals surface area contributed by atoms with Crippen LogP contribution >= 0.6 is 0 Å². The fourth-order valence-electron chi connectivity index (χ4n) is 0.491. The predicted molar refractivity (Wildman–Crippen MR) is 36.4 cm³/mol. The van der Waals surface area contributed by atoms with Gasteiger partial charge in [0.05, 0.1) is 6.54 Å². The number of hydrogen-bond acceptors (Lipinski definition) is 5. The first-order valence-electron chi connectivity index (χ1n) is 3.13. The van der Waals surface area contributed by atoms with E-state index in [0.29, 0.717) is 0 Å². The molecule has 0 aliphatic carbocycles. The lowest BCUT2D eigenvalue weighted by molar-refractivity contribution is -0.181. The molecule has 0 fully saturated rings. The minimum atomic E-state index is -0.858. The Morgan fingerprint density at radius 3 is 2.36 bits per heavy atom. The molecule has 0 bridgehead atoms. The molecular formula is C6H11NO4. The van der Waals surface area contributed by atoms with E-state index in [1.54, 1.807) is 0 Å². The zero-order chi connectivity index (χ0) is 8.85. The Kier molecular flexibility index (Phi) is 4.21. The van der Waals surface area contributed by atoms with E-state index in [-0.39, 0.29) is 6.54 Å². The van der Waals surface area contributed by atoms with Gasteiger partial charge >= 0.3 is 11.9 Å². The lowest BCUT2D eigenvalue weighted by Crippen LogP contribution is -2.25. The van der Waals surface area contributed by atoms with E-state index >= 15 is 0 Å². The van der Waals surface area contributed by atoms with E-state index in [2.05, 4.69) is 9.47 Å². The van der Waals surface area contributed by atoms with Crippen LogP contribution in [0.3, 0.4) is 0 Å². The van der Waals surface area contributed by atoms with Crippen molar-refractivity contribution in [2.45, 2.75) is 20.1 Å². The Morgan fingerprint density at radius 2 is 2.00 bits per heavy atom. The van der Waals surface area contributed by atoms with Gasteiger partial charge in [-0.1, -0.05) is 0 Å². The monoisotopic (exact) mass is 161 g/mol. The maximum absolute atomic E-state index is 10.5. The van der Waals surface area contributed by atoms with E-state index in [4.69, 9.17) is 5.73 Å². The Labute approximate surface area is 64.5 Å². The molecule has 1 atom stereocenters. The highest BCUT2D eigenvalue weighted by molar-refractivity contribution is 5.71. The van der Waals surface area contributed by atoms with Crippen molar-refractivity contribution in [1.29, 1.82) is 0 Å². The number of carbonyl (C=O) groups excluding carboxylic acids is 2. The van der Waals surface area contributed by atoms with Gasteiger partial charge in [0.25, 0.3) is 0 Å². The van der Waals surface area contributed by atoms with Crippen LogP contribution in [-0.2, 0) is 19.1 Å². The molecule has 0 spiro atoms. The highest BCUT2D eigenvalue weighted by Crippen LogP contribution is 1.93. The molecule has 0 aliphatic heterocycles. The van der Waals surface area contributed by atoms with Crippen molar-refractivity contribution >= 4 is 11.9 Å². The maximum atomic E-state index is 10.5. The molecule has 1 unspecified atom stereocenters. The van der Waals surface area contributed by atoms with Crippen LogP contribution < -0.4 is 5.73 Å². The number of ether oxygens (including phenoxy) is 2. The van der Waals surface area contributed by atoms with Gasteiger partial charge < -0.3 is 15.2 Å². The van der Waals surface area contributed by atoms with Crippen molar-refractivity contribution < 1.29 is 19.1 Å². The Balaban J connectivity index is 3.60. The molecule has 0 rings (SSSR count). The molecule has 0 aromatic carbocycles. The second-order valence-electron chi connectivity index (χ2n) is 1.87. The summed E-state index contributed by atoms with van der Waals surface area (Å²) in [4.78, 5) is 20.7. The molecule has 0 aromatic heterocycles. The predicted octanol–water partition coefficient (Wildman–Crippen LogP) is -0.603. The number of hydrogen-bond donors (Lipinski definition) is 1. The van der Waals surface area contributed by atoms with E-state index in [1.165, 1.54) is 13.8 Å². The second kappa shape index (κ2) is 4.68. The Hall–Kier alpha value is -1.10. The fraction of sp³-hybridized carbons (Fsp3) is 0.667. The molecule has 0 aromatic rings. The van der Waals surface area contributed by atoms with Crippen molar-refractivity contribution in [3.63, 3.8) is 0 Å². The first-order chi connectivity index (χ1) is 5.06. The number of nitrogens with two attached hydrogens (primary N) is 1. The molecule has 64 valence electrons. The summed E-state index contributed by atoms with van der Waals surface area (Å²) in [5.41, 5.74) is 4.94. The van der Waals surface area contributed by atoms with Crippen LogP contribution in [0.25, 0.3) is 0 Å². The lowest BCUT2D eigenvalue weighted by Gasteiger charge is -2.11. The smallest absolute Gasteiger partial charge is 0.322 e. The number of esters is 2. The van der Waals surface area contributed by atoms with E-state index < -0.39 is 18.2 Å². The fourth-order valence-corrected chi connectivity index (χ4v) is 0.491. The lowest BCUT2D eigenvalue weighted by atomic mass is 10.6. The van der Waals surface area contributed by atoms with Crippen LogP contribution in [0.2, 0.25) is 0 Å². The average molecular weight is 161 g/mol. The molecule has 0 amide bonds. The molecule has 0 heterocycles. The summed E-state index contributed by atoms with van der Waals surface area (Å²) < 4.78 is 8.99. The molecule has 0 radical (unpaired) electrons. The van der Waals surface area contributed by atoms with Crippen LogP contribution in [0.15, 0.2) is 0 Å². The first-order valence-corrected chi connectivity index (χ1v) is 3.13. The van der Waals surface area contributed by atoms with Gasteiger partial charge in [-0.15, -0.1) is 0 Å². The third-order valence-electron chi connectivity index (χ3n) is 0.796. The van der Waals surface area contributed by atoms with Crippen LogP contribution in [0.1, 0.15) is 13.8 Å². The maximum Gasteiger partial charge on any atom is 0.322 e. The van der Waals surface area contributed by atoms with Gasteiger partial charge in [-0.05, 0) is 0 Å². The average Bonchev–Trinajstić information content (AvgIpc) is 1.85. The van der Waals surface area contributed by atoms with Crippen LogP contribution in [-0.4, -0.2) is 24.8 Å². The van der Waals surface area contributed by atoms with Crippen LogP contribution in [0.5, 0.6) is 0 Å². The molecule has 0 aliphatic rings. The quantitative estimate of drug-likeness (QED) is 0.441. The molecule has 0 saturated heterocycles. The van der Waals surface area contributed by atoms with Crippen molar-refractivity contribution in [1.82, 2.24) is 0 Å². The summed E-state index contributed by atoms with van der Waals surface area (Å²) in [5, 5.41) is 0. The van der Waals surface area contributed by atoms with Gasteiger partial charge in [0, 0.05) is 13.8 Å². The molecular weight excluding hydrogens is 150 g/mol. The highest BCUT2D eigenvalue weighted by Gasteiger charge is 2.08. The van der Waals surface area contributed by atoms with Crippen molar-refractivity contribution in [2.24, 2.45) is 5.73 Å². The first kappa shape index (κ1) is 9.90. The van der Waals surface area contributed by atoms with Gasteiger partial charge in [-0.3, -0.25) is 9.59 Å². The van der Waals surface area contributed by atoms with Crippen molar-refractivity contribution in [3.05, 3.63) is 0 Å². The zero-order valence-corrected chi connectivity index (χ0v) is 6.49. The standard InChI is InChI=1S/C6H11NO4/c1-4(8)10-5(2)11-6(9)3-7/h5H,3,7H2,1-2H3. The molecule has 5 heteroatoms. The second-order valence-corrected chi connectivity index (χ2v) is 1.87. The van der Waals surface area contributed by atoms with Gasteiger partial charge in [0.15, 0.2) is 0 Å². The van der Waals surface area contributed by atoms with E-state index in [1.807, 2.05) is 0 Å². The molecule has 2 N–H and O–H groups in total. The number of carbonyl (C=O) groups is 2. The van der Waals surface area contributed by atoms with Crippen LogP contribution in [0, 0.1) is 0 Å². The summed E-state index contributed by atoms with van der Waals surface area (Å²) in [5.74, 6) is -1.10. The molecule has 11 heavy (non-hydrogen) atoms. The van der Waals surface area contributed by atoms with E-state index in [0.717, 1.165) is 0 Å². The molecule has 5 nitrogen and oxygen atoms in total. The van der Waals surface area contributed by atoms with Crippen LogP contribution in [0.4, 0.5) is 0 Å². The normalized spacial score (nSPS) is 11.9. The zero-order valence-electron chi connectivity index (χ0n) is 6.49. The Bertz CT molecular complexity index is 157. The summed E-state index contributed by atoms with van der Waals surface area (Å²) in [6.45, 7) is 2.45. The minimum Gasteiger partial charge on any atom is -0.426 e. The van der Waals surface area contributed by atoms with Gasteiger partial charge in [0.1, 0.15) is 0 Å². The summed E-state index contributed by atoms with van der Waals surface area (Å²) in [6.07, 6.45) is -0.858. The third kappa shape index (κ3) is 5.35. The van der Waals surface area contributed by atoms with Crippen molar-refractivity contribution in [3.8, 4) is 0 Å². The topological polar surface area (TPSA) is 78.6 Å². The number of rotatable bonds is 3. The SMILES string of the molecule is CC(=O)OC(C)OC(=O)CN. The highest BCUT2D eigenvalue weighted by atomic mass is 16.7. The van der Waals surface area contributed by atoms with Gasteiger partial charge in [-0.25, -0.2) is 0 Å². The van der Waals surface area contributed by atoms with Gasteiger partial charge in [0.2, 0.25) is 6.29 Å².